The molecule has 2 N–H and O–H groups in total. The van der Waals surface area contributed by atoms with Gasteiger partial charge in [-0.25, -0.2) is 9.69 Å². The number of nitrogens with zero attached hydrogens (tertiary/aromatic N) is 2. The Morgan fingerprint density at radius 3 is 2.58 bits per heavy atom. The van der Waals surface area contributed by atoms with Crippen LogP contribution in [-0.4, -0.2) is 51.8 Å². The molecular formula is C24H32N4O3. The SMILES string of the molecule is CC(C)CCNC(=O)C(C(C)C)N1C(=O)N2CCc3c([nH]c4ccccc34)C2(C)C1=O. The lowest BCUT2D eigenvalue weighted by atomic mass is 9.86. The topological polar surface area (TPSA) is 85.5 Å². The third-order valence-electron chi connectivity index (χ3n) is 6.70. The predicted molar refractivity (Wildman–Crippen MR) is 119 cm³/mol. The number of H-pyrrole nitrogens is 1. The minimum atomic E-state index is -1.13. The fraction of sp³-hybridized carbons (Fsp3) is 0.542. The normalized spacial score (nSPS) is 21.8. The van der Waals surface area contributed by atoms with Crippen molar-refractivity contribution in [3.63, 3.8) is 0 Å². The molecule has 1 fully saturated rings. The highest BCUT2D eigenvalue weighted by molar-refractivity contribution is 6.11. The summed E-state index contributed by atoms with van der Waals surface area (Å²) in [5.74, 6) is -0.333. The highest BCUT2D eigenvalue weighted by Gasteiger charge is 2.61. The van der Waals surface area contributed by atoms with E-state index in [-0.39, 0.29) is 23.8 Å². The first-order valence-electron chi connectivity index (χ1n) is 11.2. The summed E-state index contributed by atoms with van der Waals surface area (Å²) in [7, 11) is 0. The van der Waals surface area contributed by atoms with Crippen LogP contribution in [0.1, 0.15) is 52.3 Å². The van der Waals surface area contributed by atoms with Gasteiger partial charge in [-0.05, 0) is 43.2 Å². The van der Waals surface area contributed by atoms with Gasteiger partial charge < -0.3 is 15.2 Å². The molecule has 31 heavy (non-hydrogen) atoms. The molecule has 2 unspecified atom stereocenters. The number of amides is 4. The van der Waals surface area contributed by atoms with Crippen LogP contribution < -0.4 is 5.32 Å². The molecule has 7 nitrogen and oxygen atoms in total. The largest absolute Gasteiger partial charge is 0.356 e. The molecule has 3 heterocycles. The number of rotatable bonds is 6. The number of aromatic nitrogens is 1. The van der Waals surface area contributed by atoms with Crippen molar-refractivity contribution in [1.82, 2.24) is 20.1 Å². The molecule has 1 aromatic heterocycles. The van der Waals surface area contributed by atoms with E-state index in [1.165, 1.54) is 4.90 Å². The van der Waals surface area contributed by atoms with Crippen LogP contribution in [0.5, 0.6) is 0 Å². The van der Waals surface area contributed by atoms with Gasteiger partial charge in [0.15, 0.2) is 5.54 Å². The second-order valence-electron chi connectivity index (χ2n) is 9.62. The molecule has 1 aromatic carbocycles. The third-order valence-corrected chi connectivity index (χ3v) is 6.70. The number of carbonyl (C=O) groups excluding carboxylic acids is 3. The number of hydrogen-bond acceptors (Lipinski definition) is 3. The number of imide groups is 1. The fourth-order valence-corrected chi connectivity index (χ4v) is 4.97. The van der Waals surface area contributed by atoms with Crippen molar-refractivity contribution in [3.05, 3.63) is 35.5 Å². The van der Waals surface area contributed by atoms with E-state index >= 15 is 0 Å². The van der Waals surface area contributed by atoms with Crippen LogP contribution >= 0.6 is 0 Å². The Kier molecular flexibility index (Phi) is 5.31. The lowest BCUT2D eigenvalue weighted by molar-refractivity contribution is -0.140. The number of aromatic amines is 1. The summed E-state index contributed by atoms with van der Waals surface area (Å²) in [5, 5.41) is 4.02. The Balaban J connectivity index is 1.71. The van der Waals surface area contributed by atoms with Gasteiger partial charge in [0.25, 0.3) is 5.91 Å². The summed E-state index contributed by atoms with van der Waals surface area (Å²) in [4.78, 5) is 46.5. The number of para-hydroxylation sites is 1. The first-order valence-corrected chi connectivity index (χ1v) is 11.2. The average Bonchev–Trinajstić information content (AvgIpc) is 3.18. The van der Waals surface area contributed by atoms with E-state index in [0.29, 0.717) is 25.4 Å². The summed E-state index contributed by atoms with van der Waals surface area (Å²) in [6.45, 7) is 10.7. The maximum absolute atomic E-state index is 13.8. The van der Waals surface area contributed by atoms with Gasteiger partial charge in [0.05, 0.1) is 5.69 Å². The van der Waals surface area contributed by atoms with Crippen molar-refractivity contribution in [2.24, 2.45) is 11.8 Å². The quantitative estimate of drug-likeness (QED) is 0.697. The van der Waals surface area contributed by atoms with E-state index in [9.17, 15) is 14.4 Å². The highest BCUT2D eigenvalue weighted by Crippen LogP contribution is 2.45. The molecule has 0 spiro atoms. The molecular weight excluding hydrogens is 392 g/mol. The Labute approximate surface area is 183 Å². The molecule has 0 bridgehead atoms. The zero-order valence-electron chi connectivity index (χ0n) is 19.0. The number of hydrogen-bond donors (Lipinski definition) is 2. The first-order chi connectivity index (χ1) is 14.7. The summed E-state index contributed by atoms with van der Waals surface area (Å²) in [6, 6.07) is 6.75. The van der Waals surface area contributed by atoms with Crippen molar-refractivity contribution in [2.45, 2.75) is 59.0 Å². The second kappa shape index (κ2) is 7.70. The highest BCUT2D eigenvalue weighted by atomic mass is 16.2. The lowest BCUT2D eigenvalue weighted by Crippen LogP contribution is -2.53. The smallest absolute Gasteiger partial charge is 0.328 e. The average molecular weight is 425 g/mol. The van der Waals surface area contributed by atoms with Crippen LogP contribution in [0.25, 0.3) is 10.9 Å². The van der Waals surface area contributed by atoms with E-state index in [0.717, 1.165) is 28.6 Å². The lowest BCUT2D eigenvalue weighted by Gasteiger charge is -2.36. The molecule has 0 aliphatic carbocycles. The molecule has 7 heteroatoms. The van der Waals surface area contributed by atoms with Crippen LogP contribution in [0.4, 0.5) is 4.79 Å². The number of nitrogens with one attached hydrogen (secondary N) is 2. The molecule has 166 valence electrons. The summed E-state index contributed by atoms with van der Waals surface area (Å²) in [5.41, 5.74) is 1.68. The molecule has 1 saturated heterocycles. The molecule has 4 rings (SSSR count). The molecule has 4 amide bonds. The molecule has 2 aliphatic heterocycles. The van der Waals surface area contributed by atoms with E-state index < -0.39 is 11.6 Å². The first kappa shape index (κ1) is 21.4. The van der Waals surface area contributed by atoms with Crippen LogP contribution in [0.2, 0.25) is 0 Å². The Morgan fingerprint density at radius 1 is 1.19 bits per heavy atom. The Hall–Kier alpha value is -2.83. The monoisotopic (exact) mass is 424 g/mol. The standard InChI is InChI=1S/C24H32N4O3/c1-14(2)10-12-25-21(29)19(15(3)4)28-22(30)24(5)20-17(11-13-27(24)23(28)31)16-8-6-7-9-18(16)26-20/h6-9,14-15,19,26H,10-13H2,1-5H3,(H,25,29). The zero-order valence-corrected chi connectivity index (χ0v) is 19.0. The van der Waals surface area contributed by atoms with Crippen LogP contribution in [-0.2, 0) is 21.5 Å². The maximum Gasteiger partial charge on any atom is 0.328 e. The second-order valence-corrected chi connectivity index (χ2v) is 9.62. The van der Waals surface area contributed by atoms with Crippen LogP contribution in [0.3, 0.4) is 0 Å². The number of benzene rings is 1. The van der Waals surface area contributed by atoms with E-state index in [1.807, 2.05) is 38.1 Å². The summed E-state index contributed by atoms with van der Waals surface area (Å²) in [6.07, 6.45) is 1.52. The fourth-order valence-electron chi connectivity index (χ4n) is 4.97. The van der Waals surface area contributed by atoms with E-state index in [4.69, 9.17) is 0 Å². The van der Waals surface area contributed by atoms with Gasteiger partial charge in [0.2, 0.25) is 5.91 Å². The van der Waals surface area contributed by atoms with Gasteiger partial charge >= 0.3 is 6.03 Å². The molecule has 0 saturated carbocycles. The summed E-state index contributed by atoms with van der Waals surface area (Å²) >= 11 is 0. The van der Waals surface area contributed by atoms with Gasteiger partial charge in [-0.15, -0.1) is 0 Å². The van der Waals surface area contributed by atoms with Crippen molar-refractivity contribution < 1.29 is 14.4 Å². The molecule has 2 aliphatic rings. The van der Waals surface area contributed by atoms with E-state index in [1.54, 1.807) is 11.8 Å². The number of fused-ring (bicyclic) bond motifs is 5. The van der Waals surface area contributed by atoms with Crippen molar-refractivity contribution in [1.29, 1.82) is 0 Å². The van der Waals surface area contributed by atoms with Crippen molar-refractivity contribution >= 4 is 28.7 Å². The summed E-state index contributed by atoms with van der Waals surface area (Å²) < 4.78 is 0. The number of carbonyl (C=O) groups is 3. The minimum Gasteiger partial charge on any atom is -0.356 e. The number of urea groups is 1. The van der Waals surface area contributed by atoms with Crippen LogP contribution in [0, 0.1) is 11.8 Å². The predicted octanol–water partition coefficient (Wildman–Crippen LogP) is 3.39. The maximum atomic E-state index is 13.8. The van der Waals surface area contributed by atoms with Gasteiger partial charge in [-0.2, -0.15) is 0 Å². The minimum absolute atomic E-state index is 0.195. The third kappa shape index (κ3) is 3.22. The molecule has 0 radical (unpaired) electrons. The van der Waals surface area contributed by atoms with Gasteiger partial charge in [-0.1, -0.05) is 45.9 Å². The van der Waals surface area contributed by atoms with Crippen molar-refractivity contribution in [3.8, 4) is 0 Å². The van der Waals surface area contributed by atoms with Gasteiger partial charge in [0.1, 0.15) is 6.04 Å². The van der Waals surface area contributed by atoms with E-state index in [2.05, 4.69) is 24.1 Å². The zero-order chi connectivity index (χ0) is 22.5. The molecule has 2 aromatic rings. The van der Waals surface area contributed by atoms with Crippen LogP contribution in [0.15, 0.2) is 24.3 Å². The Bertz CT molecular complexity index is 1040. The van der Waals surface area contributed by atoms with Gasteiger partial charge in [0, 0.05) is 24.0 Å². The molecule has 2 atom stereocenters. The van der Waals surface area contributed by atoms with Gasteiger partial charge in [-0.3, -0.25) is 9.59 Å². The Morgan fingerprint density at radius 2 is 1.90 bits per heavy atom. The van der Waals surface area contributed by atoms with Crippen molar-refractivity contribution in [2.75, 3.05) is 13.1 Å².